The van der Waals surface area contributed by atoms with E-state index >= 15 is 0 Å². The molecule has 0 aliphatic heterocycles. The zero-order valence-corrected chi connectivity index (χ0v) is 11.4. The number of fused-ring (bicyclic) bond motifs is 1. The quantitative estimate of drug-likeness (QED) is 0.455. The molecule has 0 aliphatic carbocycles. The molecule has 0 unspecified atom stereocenters. The molecule has 0 aliphatic rings. The molecule has 0 spiro atoms. The van der Waals surface area contributed by atoms with E-state index in [0.717, 1.165) is 16.6 Å². The Balaban J connectivity index is 1.69. The van der Waals surface area contributed by atoms with Crippen LogP contribution in [0.1, 0.15) is 11.4 Å². The van der Waals surface area contributed by atoms with Crippen LogP contribution in [0.3, 0.4) is 0 Å². The van der Waals surface area contributed by atoms with E-state index in [9.17, 15) is 10.1 Å². The van der Waals surface area contributed by atoms with Crippen LogP contribution in [0, 0.1) is 10.1 Å². The van der Waals surface area contributed by atoms with Gasteiger partial charge in [0.05, 0.1) is 28.4 Å². The topological polar surface area (TPSA) is 96.5 Å². The summed E-state index contributed by atoms with van der Waals surface area (Å²) in [6, 6.07) is 13.7. The average Bonchev–Trinajstić information content (AvgIpc) is 2.95. The Morgan fingerprint density at radius 2 is 1.77 bits per heavy atom. The predicted molar refractivity (Wildman–Crippen MR) is 84.4 cm³/mol. The normalized spacial score (nSPS) is 11.6. The maximum Gasteiger partial charge on any atom is 0.269 e. The molecule has 1 heterocycles. The lowest BCUT2D eigenvalue weighted by atomic mass is 10.2. The number of hydrogen-bond donors (Lipinski definition) is 1. The summed E-state index contributed by atoms with van der Waals surface area (Å²) in [5.41, 5.74) is 2.57. The molecule has 0 fully saturated rings. The molecule has 0 saturated carbocycles. The second-order valence-corrected chi connectivity index (χ2v) is 4.48. The smallest absolute Gasteiger partial charge is 0.269 e. The molecule has 3 aromatic rings. The number of nitrogens with zero attached hydrogens (tertiary/aromatic N) is 4. The van der Waals surface area contributed by atoms with E-state index in [1.54, 1.807) is 12.1 Å². The minimum absolute atomic E-state index is 0.0444. The van der Waals surface area contributed by atoms with Crippen LogP contribution in [0.4, 0.5) is 5.69 Å². The van der Waals surface area contributed by atoms with Gasteiger partial charge >= 0.3 is 0 Å². The Morgan fingerprint density at radius 3 is 2.50 bits per heavy atom. The lowest BCUT2D eigenvalue weighted by molar-refractivity contribution is -0.384. The van der Waals surface area contributed by atoms with Crippen molar-refractivity contribution in [3.05, 3.63) is 70.0 Å². The molecule has 1 N–H and O–H groups in total. The first-order valence-electron chi connectivity index (χ1n) is 6.48. The zero-order valence-electron chi connectivity index (χ0n) is 11.4. The van der Waals surface area contributed by atoms with Crippen molar-refractivity contribution in [3.8, 4) is 0 Å². The van der Waals surface area contributed by atoms with Crippen molar-refractivity contribution in [3.63, 3.8) is 0 Å². The lowest BCUT2D eigenvalue weighted by Gasteiger charge is -1.91. The largest absolute Gasteiger partial charge is 0.337 e. The van der Waals surface area contributed by atoms with Gasteiger partial charge in [0.25, 0.3) is 5.69 Å². The highest BCUT2D eigenvalue weighted by Gasteiger charge is 2.02. The summed E-state index contributed by atoms with van der Waals surface area (Å²) in [5, 5.41) is 18.3. The van der Waals surface area contributed by atoms with Gasteiger partial charge in [-0.05, 0) is 29.8 Å². The third-order valence-electron chi connectivity index (χ3n) is 2.97. The van der Waals surface area contributed by atoms with E-state index in [4.69, 9.17) is 0 Å². The number of imidazole rings is 1. The molecule has 1 aromatic heterocycles. The van der Waals surface area contributed by atoms with Crippen molar-refractivity contribution in [1.29, 1.82) is 0 Å². The van der Waals surface area contributed by atoms with Gasteiger partial charge in [-0.25, -0.2) is 4.98 Å². The summed E-state index contributed by atoms with van der Waals surface area (Å²) in [5.74, 6) is 0.613. The summed E-state index contributed by atoms with van der Waals surface area (Å²) in [4.78, 5) is 17.5. The van der Waals surface area contributed by atoms with Gasteiger partial charge in [-0.1, -0.05) is 12.1 Å². The number of rotatable bonds is 4. The number of aromatic nitrogens is 2. The molecule has 2 aromatic carbocycles. The van der Waals surface area contributed by atoms with Crippen molar-refractivity contribution in [2.45, 2.75) is 0 Å². The highest BCUT2D eigenvalue weighted by atomic mass is 16.6. The summed E-state index contributed by atoms with van der Waals surface area (Å²) >= 11 is 0. The summed E-state index contributed by atoms with van der Waals surface area (Å²) in [6.07, 6.45) is 3.03. The van der Waals surface area contributed by atoms with Crippen LogP contribution in [0.25, 0.3) is 11.0 Å². The molecule has 0 amide bonds. The number of nitro benzene ring substituents is 1. The second-order valence-electron chi connectivity index (χ2n) is 4.48. The van der Waals surface area contributed by atoms with Crippen molar-refractivity contribution in [2.24, 2.45) is 10.2 Å². The van der Waals surface area contributed by atoms with Gasteiger partial charge in [-0.15, -0.1) is 0 Å². The van der Waals surface area contributed by atoms with Crippen LogP contribution < -0.4 is 0 Å². The minimum Gasteiger partial charge on any atom is -0.337 e. The highest BCUT2D eigenvalue weighted by molar-refractivity contribution is 5.85. The average molecular weight is 293 g/mol. The van der Waals surface area contributed by atoms with Crippen LogP contribution in [-0.2, 0) is 0 Å². The third kappa shape index (κ3) is 3.04. The fourth-order valence-corrected chi connectivity index (χ4v) is 1.90. The molecule has 3 rings (SSSR count). The first-order valence-corrected chi connectivity index (χ1v) is 6.48. The van der Waals surface area contributed by atoms with Crippen molar-refractivity contribution < 1.29 is 4.92 Å². The Labute approximate surface area is 125 Å². The second kappa shape index (κ2) is 5.96. The van der Waals surface area contributed by atoms with Gasteiger partial charge in [0, 0.05) is 12.1 Å². The summed E-state index contributed by atoms with van der Waals surface area (Å²) < 4.78 is 0. The Morgan fingerprint density at radius 1 is 1.05 bits per heavy atom. The van der Waals surface area contributed by atoms with Gasteiger partial charge in [0.2, 0.25) is 0 Å². The standard InChI is InChI=1S/C15H11N5O2/c21-20(22)12-7-5-11(6-8-12)9-16-17-10-15-18-13-3-1-2-4-14(13)19-15/h1-10H,(H,18,19)/b16-9-,17-10-. The number of nitrogens with one attached hydrogen (secondary N) is 1. The zero-order chi connectivity index (χ0) is 15.4. The van der Waals surface area contributed by atoms with Gasteiger partial charge in [-0.2, -0.15) is 10.2 Å². The Bertz CT molecular complexity index is 832. The Hall–Kier alpha value is -3.35. The predicted octanol–water partition coefficient (Wildman–Crippen LogP) is 2.92. The van der Waals surface area contributed by atoms with E-state index in [1.807, 2.05) is 24.3 Å². The molecule has 0 atom stereocenters. The molecule has 22 heavy (non-hydrogen) atoms. The first kappa shape index (κ1) is 13.6. The number of benzene rings is 2. The molecule has 0 saturated heterocycles. The van der Waals surface area contributed by atoms with Crippen molar-refractivity contribution in [2.75, 3.05) is 0 Å². The fourth-order valence-electron chi connectivity index (χ4n) is 1.90. The van der Waals surface area contributed by atoms with Crippen LogP contribution in [0.5, 0.6) is 0 Å². The summed E-state index contributed by atoms with van der Waals surface area (Å²) in [7, 11) is 0. The number of H-pyrrole nitrogens is 1. The number of non-ortho nitro benzene ring substituents is 1. The monoisotopic (exact) mass is 293 g/mol. The van der Waals surface area contributed by atoms with Crippen molar-refractivity contribution >= 4 is 29.1 Å². The lowest BCUT2D eigenvalue weighted by Crippen LogP contribution is -1.88. The van der Waals surface area contributed by atoms with E-state index in [0.29, 0.717) is 5.82 Å². The molecule has 7 heteroatoms. The first-order chi connectivity index (χ1) is 10.7. The van der Waals surface area contributed by atoms with Crippen LogP contribution in [-0.4, -0.2) is 27.3 Å². The van der Waals surface area contributed by atoms with Crippen LogP contribution in [0.15, 0.2) is 58.7 Å². The highest BCUT2D eigenvalue weighted by Crippen LogP contribution is 2.11. The van der Waals surface area contributed by atoms with Gasteiger partial charge in [0.15, 0.2) is 5.82 Å². The van der Waals surface area contributed by atoms with Gasteiger partial charge < -0.3 is 4.98 Å². The molecule has 7 nitrogen and oxygen atoms in total. The Kier molecular flexibility index (Phi) is 3.69. The SMILES string of the molecule is O=[N+]([O-])c1ccc(/C=N\N=C/c2nc3ccccc3[nH]2)cc1. The molecule has 108 valence electrons. The van der Waals surface area contributed by atoms with Crippen LogP contribution in [0.2, 0.25) is 0 Å². The summed E-state index contributed by atoms with van der Waals surface area (Å²) in [6.45, 7) is 0. The van der Waals surface area contributed by atoms with Gasteiger partial charge in [0.1, 0.15) is 0 Å². The van der Waals surface area contributed by atoms with E-state index < -0.39 is 4.92 Å². The van der Waals surface area contributed by atoms with Crippen LogP contribution >= 0.6 is 0 Å². The van der Waals surface area contributed by atoms with E-state index in [2.05, 4.69) is 20.2 Å². The van der Waals surface area contributed by atoms with Gasteiger partial charge in [-0.3, -0.25) is 10.1 Å². The number of aromatic amines is 1. The number of para-hydroxylation sites is 2. The molecule has 0 bridgehead atoms. The van der Waals surface area contributed by atoms with E-state index in [1.165, 1.54) is 24.6 Å². The number of nitro groups is 1. The maximum atomic E-state index is 10.5. The molecule has 0 radical (unpaired) electrons. The fraction of sp³-hybridized carbons (Fsp3) is 0. The van der Waals surface area contributed by atoms with E-state index in [-0.39, 0.29) is 5.69 Å². The van der Waals surface area contributed by atoms with Crippen molar-refractivity contribution in [1.82, 2.24) is 9.97 Å². The third-order valence-corrected chi connectivity index (χ3v) is 2.97. The maximum absolute atomic E-state index is 10.5. The number of hydrogen-bond acceptors (Lipinski definition) is 5. The molecular formula is C15H11N5O2. The molecular weight excluding hydrogens is 282 g/mol. The minimum atomic E-state index is -0.444.